The molecule has 0 fully saturated rings. The van der Waals surface area contributed by atoms with Gasteiger partial charge in [0, 0.05) is 22.9 Å². The van der Waals surface area contributed by atoms with Gasteiger partial charge in [-0.05, 0) is 128 Å². The Labute approximate surface area is 401 Å². The molecule has 0 aliphatic carbocycles. The van der Waals surface area contributed by atoms with E-state index in [0.717, 1.165) is 40.2 Å². The second-order valence-corrected chi connectivity index (χ2v) is 15.0. The van der Waals surface area contributed by atoms with Crippen molar-refractivity contribution in [2.24, 2.45) is 0 Å². The summed E-state index contributed by atoms with van der Waals surface area (Å²) >= 11 is 0. The topological polar surface area (TPSA) is 84.8 Å². The van der Waals surface area contributed by atoms with Crippen molar-refractivity contribution in [2.75, 3.05) is 13.7 Å². The maximum atomic E-state index is 12.2. The summed E-state index contributed by atoms with van der Waals surface area (Å²) in [5, 5.41) is 0. The largest absolute Gasteiger partial charge is 0.495 e. The highest BCUT2D eigenvalue weighted by Gasteiger charge is 2.08. The Balaban J connectivity index is 0.000000215. The van der Waals surface area contributed by atoms with Gasteiger partial charge in [0.15, 0.2) is 0 Å². The van der Waals surface area contributed by atoms with Gasteiger partial charge in [-0.1, -0.05) is 94.3 Å². The lowest BCUT2D eigenvalue weighted by Gasteiger charge is -2.07. The second-order valence-electron chi connectivity index (χ2n) is 15.0. The van der Waals surface area contributed by atoms with Crippen LogP contribution in [0.25, 0.3) is 33.8 Å². The molecule has 0 aliphatic heterocycles. The minimum atomic E-state index is -2.81. The van der Waals surface area contributed by atoms with Gasteiger partial charge in [-0.25, -0.2) is 0 Å². The van der Waals surface area contributed by atoms with Crippen LogP contribution in [0.5, 0.6) is 28.7 Å². The molecule has 0 amide bonds. The van der Waals surface area contributed by atoms with Crippen molar-refractivity contribution in [3.63, 3.8) is 0 Å². The Hall–Kier alpha value is -7.09. The molecule has 0 saturated heterocycles. The molecule has 7 rings (SSSR count). The van der Waals surface area contributed by atoms with Crippen molar-refractivity contribution in [1.29, 1.82) is 0 Å². The molecular weight excluding hydrogens is 897 g/mol. The van der Waals surface area contributed by atoms with Gasteiger partial charge >= 0.3 is 19.8 Å². The van der Waals surface area contributed by atoms with Crippen molar-refractivity contribution >= 4 is 0 Å². The van der Waals surface area contributed by atoms with E-state index in [4.69, 9.17) is 9.47 Å². The molecule has 0 N–H and O–H groups in total. The Morgan fingerprint density at radius 1 is 0.391 bits per heavy atom. The number of ether oxygens (including phenoxy) is 5. The Morgan fingerprint density at radius 3 is 1.06 bits per heavy atom. The number of halogens is 6. The summed E-state index contributed by atoms with van der Waals surface area (Å²) in [6.07, 6.45) is 16.8. The summed E-state index contributed by atoms with van der Waals surface area (Å²) in [5.41, 5.74) is 6.10. The number of unbranched alkanes of at least 4 members (excludes halogenated alkanes) is 7. The third kappa shape index (κ3) is 22.1. The molecule has 0 aliphatic rings. The molecule has 0 saturated carbocycles. The van der Waals surface area contributed by atoms with Gasteiger partial charge in [0.05, 0.1) is 43.2 Å². The van der Waals surface area contributed by atoms with E-state index in [9.17, 15) is 26.3 Å². The lowest BCUT2D eigenvalue weighted by molar-refractivity contribution is -0.0505. The van der Waals surface area contributed by atoms with E-state index in [0.29, 0.717) is 18.1 Å². The van der Waals surface area contributed by atoms with Crippen LogP contribution in [0.3, 0.4) is 0 Å². The summed E-state index contributed by atoms with van der Waals surface area (Å²) in [6.45, 7) is -3.69. The highest BCUT2D eigenvalue weighted by molar-refractivity contribution is 5.62. The van der Waals surface area contributed by atoms with Crippen molar-refractivity contribution in [1.82, 2.24) is 15.0 Å². The van der Waals surface area contributed by atoms with Gasteiger partial charge in [-0.15, -0.1) is 0 Å². The van der Waals surface area contributed by atoms with Crippen LogP contribution in [0.1, 0.15) is 70.8 Å². The molecular formula is C55H59F6N3O5. The minimum absolute atomic E-state index is 0.127. The van der Waals surface area contributed by atoms with Gasteiger partial charge in [-0.3, -0.25) is 15.0 Å². The van der Waals surface area contributed by atoms with E-state index in [1.54, 1.807) is 68.0 Å². The normalized spacial score (nSPS) is 10.5. The first-order valence-corrected chi connectivity index (χ1v) is 22.8. The predicted octanol–water partition coefficient (Wildman–Crippen LogP) is 15.8. The first-order valence-electron chi connectivity index (χ1n) is 22.8. The minimum Gasteiger partial charge on any atom is -0.495 e. The number of alkyl halides is 6. The van der Waals surface area contributed by atoms with Crippen LogP contribution in [0.15, 0.2) is 164 Å². The van der Waals surface area contributed by atoms with Gasteiger partial charge in [0.1, 0.15) is 28.7 Å². The number of nitrogens with zero attached hydrogens (tertiary/aromatic N) is 3. The van der Waals surface area contributed by atoms with Crippen molar-refractivity contribution in [2.45, 2.75) is 91.5 Å². The van der Waals surface area contributed by atoms with Gasteiger partial charge in [-0.2, -0.15) is 26.3 Å². The summed E-state index contributed by atoms with van der Waals surface area (Å²) in [4.78, 5) is 12.9. The van der Waals surface area contributed by atoms with Crippen molar-refractivity contribution in [3.05, 3.63) is 170 Å². The average Bonchev–Trinajstić information content (AvgIpc) is 3.37. The number of rotatable bonds is 21. The zero-order valence-electron chi connectivity index (χ0n) is 39.0. The van der Waals surface area contributed by atoms with E-state index in [2.05, 4.69) is 42.2 Å². The van der Waals surface area contributed by atoms with Crippen LogP contribution in [0, 0.1) is 0 Å². The number of aryl methyl sites for hydroxylation is 1. The number of methoxy groups -OCH3 is 1. The first-order chi connectivity index (χ1) is 33.6. The average molecular weight is 956 g/mol. The molecule has 7 aromatic rings. The highest BCUT2D eigenvalue weighted by atomic mass is 19.3. The second kappa shape index (κ2) is 31.8. The molecule has 69 heavy (non-hydrogen) atoms. The summed E-state index contributed by atoms with van der Waals surface area (Å²) < 4.78 is 95.5. The standard InChI is InChI=1S/C22H29F2NO.C14H13F2NO2.C13H11F2NO2.C6H6/c1-2-3-4-5-6-7-8-9-10-18-11-16-21(25-17-18)19-12-14-20(15-13-19)26-22(23)24;1-2-18-12-7-8-13(17-9-12)10-3-5-11(6-4-10)19-14(15)16;1-17-11-6-7-12(16-8-11)9-2-4-10(5-3-9)18-13(14)15;1-2-4-6-5-3-1/h11-17,22H,2-10H2,1H3;3-9,14H,2H2,1H3;2-8,13H,1H3;1-6H. The lowest BCUT2D eigenvalue weighted by Crippen LogP contribution is -2.01. The van der Waals surface area contributed by atoms with Crippen LogP contribution in [-0.4, -0.2) is 48.5 Å². The summed E-state index contributed by atoms with van der Waals surface area (Å²) in [7, 11) is 1.56. The molecule has 14 heteroatoms. The molecule has 3 aromatic heterocycles. The fourth-order valence-electron chi connectivity index (χ4n) is 6.49. The Morgan fingerprint density at radius 2 is 0.739 bits per heavy atom. The van der Waals surface area contributed by atoms with Crippen molar-refractivity contribution in [3.8, 4) is 62.5 Å². The first kappa shape index (κ1) is 54.5. The molecule has 0 unspecified atom stereocenters. The predicted molar refractivity (Wildman–Crippen MR) is 259 cm³/mol. The van der Waals surface area contributed by atoms with E-state index in [1.807, 2.05) is 67.7 Å². The quantitative estimate of drug-likeness (QED) is 0.0520. The molecule has 366 valence electrons. The van der Waals surface area contributed by atoms with Gasteiger partial charge in [0.25, 0.3) is 0 Å². The number of benzene rings is 4. The number of aromatic nitrogens is 3. The summed E-state index contributed by atoms with van der Waals surface area (Å²) in [6, 6.07) is 42.5. The summed E-state index contributed by atoms with van der Waals surface area (Å²) in [5.74, 6) is 1.78. The van der Waals surface area contributed by atoms with Crippen LogP contribution >= 0.6 is 0 Å². The van der Waals surface area contributed by atoms with E-state index < -0.39 is 19.8 Å². The number of hydrogen-bond acceptors (Lipinski definition) is 8. The SMILES string of the molecule is CCCCCCCCCCc1ccc(-c2ccc(OC(F)F)cc2)nc1.CCOc1ccc(-c2ccc(OC(F)F)cc2)nc1.COc1ccc(-c2ccc(OC(F)F)cc2)nc1.c1ccccc1. The van der Waals surface area contributed by atoms with Gasteiger partial charge < -0.3 is 23.7 Å². The third-order valence-corrected chi connectivity index (χ3v) is 9.96. The lowest BCUT2D eigenvalue weighted by atomic mass is 10.0. The van der Waals surface area contributed by atoms with Crippen molar-refractivity contribution < 1.29 is 50.0 Å². The number of pyridine rings is 3. The molecule has 0 spiro atoms. The fourth-order valence-corrected chi connectivity index (χ4v) is 6.49. The zero-order chi connectivity index (χ0) is 49.5. The Kier molecular flexibility index (Phi) is 25.1. The monoisotopic (exact) mass is 955 g/mol. The maximum absolute atomic E-state index is 12.2. The third-order valence-electron chi connectivity index (χ3n) is 9.96. The van der Waals surface area contributed by atoms with Crippen LogP contribution in [0.4, 0.5) is 26.3 Å². The maximum Gasteiger partial charge on any atom is 0.387 e. The molecule has 3 heterocycles. The smallest absolute Gasteiger partial charge is 0.387 e. The fraction of sp³-hybridized carbons (Fsp3) is 0.291. The molecule has 8 nitrogen and oxygen atoms in total. The van der Waals surface area contributed by atoms with E-state index >= 15 is 0 Å². The van der Waals surface area contributed by atoms with E-state index in [1.165, 1.54) is 93.3 Å². The zero-order valence-corrected chi connectivity index (χ0v) is 39.0. The Bertz CT molecular complexity index is 2340. The molecule has 0 atom stereocenters. The van der Waals surface area contributed by atoms with Gasteiger partial charge in [0.2, 0.25) is 0 Å². The number of hydrogen-bond donors (Lipinski definition) is 0. The molecule has 4 aromatic carbocycles. The van der Waals surface area contributed by atoms with Crippen LogP contribution in [-0.2, 0) is 6.42 Å². The van der Waals surface area contributed by atoms with Crippen LogP contribution in [0.2, 0.25) is 0 Å². The van der Waals surface area contributed by atoms with Crippen LogP contribution < -0.4 is 23.7 Å². The molecule has 0 bridgehead atoms. The highest BCUT2D eigenvalue weighted by Crippen LogP contribution is 2.26. The molecule has 0 radical (unpaired) electrons. The van der Waals surface area contributed by atoms with E-state index in [-0.39, 0.29) is 17.2 Å².